The Hall–Kier alpha value is -2.70. The molecule has 0 saturated heterocycles. The minimum absolute atomic E-state index is 0.00241. The van der Waals surface area contributed by atoms with E-state index in [9.17, 15) is 14.7 Å². The summed E-state index contributed by atoms with van der Waals surface area (Å²) in [6.07, 6.45) is -0.00241. The van der Waals surface area contributed by atoms with Crippen LogP contribution < -0.4 is 5.32 Å². The van der Waals surface area contributed by atoms with Gasteiger partial charge >= 0.3 is 5.97 Å². The number of aromatic nitrogens is 1. The number of carboxylic acids is 1. The second-order valence-electron chi connectivity index (χ2n) is 5.55. The molecule has 0 aliphatic carbocycles. The molecule has 5 nitrogen and oxygen atoms in total. The van der Waals surface area contributed by atoms with Crippen molar-refractivity contribution in [1.82, 2.24) is 10.3 Å². The fraction of sp³-hybridized carbons (Fsp3) is 0.105. The van der Waals surface area contributed by atoms with Crippen molar-refractivity contribution in [2.24, 2.45) is 0 Å². The number of hydrogen-bond donors (Lipinski definition) is 2. The Balaban J connectivity index is 1.70. The lowest BCUT2D eigenvalue weighted by molar-refractivity contribution is -0.142. The number of thiazole rings is 1. The molecule has 0 fully saturated rings. The van der Waals surface area contributed by atoms with Gasteiger partial charge < -0.3 is 10.4 Å². The highest BCUT2D eigenvalue weighted by atomic mass is 35.5. The van der Waals surface area contributed by atoms with Crippen LogP contribution in [0.4, 0.5) is 0 Å². The molecule has 1 amide bonds. The Morgan fingerprint density at radius 2 is 1.81 bits per heavy atom. The summed E-state index contributed by atoms with van der Waals surface area (Å²) in [7, 11) is 0. The maximum Gasteiger partial charge on any atom is 0.330 e. The zero-order valence-electron chi connectivity index (χ0n) is 13.6. The van der Waals surface area contributed by atoms with E-state index in [0.717, 1.165) is 10.6 Å². The Labute approximate surface area is 159 Å². The summed E-state index contributed by atoms with van der Waals surface area (Å²) in [4.78, 5) is 28.2. The van der Waals surface area contributed by atoms with Crippen LogP contribution in [-0.4, -0.2) is 22.0 Å². The van der Waals surface area contributed by atoms with E-state index in [2.05, 4.69) is 10.3 Å². The van der Waals surface area contributed by atoms with E-state index >= 15 is 0 Å². The van der Waals surface area contributed by atoms with Crippen LogP contribution >= 0.6 is 22.9 Å². The Morgan fingerprint density at radius 3 is 2.50 bits per heavy atom. The van der Waals surface area contributed by atoms with E-state index in [-0.39, 0.29) is 6.42 Å². The number of rotatable bonds is 6. The van der Waals surface area contributed by atoms with E-state index in [1.807, 2.05) is 18.2 Å². The third kappa shape index (κ3) is 4.28. The van der Waals surface area contributed by atoms with Crippen molar-refractivity contribution in [1.29, 1.82) is 0 Å². The number of amides is 1. The predicted octanol–water partition coefficient (Wildman–Crippen LogP) is 3.95. The Bertz CT molecular complexity index is 927. The lowest BCUT2D eigenvalue weighted by atomic mass is 10.1. The second kappa shape index (κ2) is 8.12. The van der Waals surface area contributed by atoms with Gasteiger partial charge in [0.25, 0.3) is 0 Å². The lowest BCUT2D eigenvalue weighted by Crippen LogP contribution is -2.34. The van der Waals surface area contributed by atoms with Crippen molar-refractivity contribution in [3.05, 3.63) is 76.3 Å². The van der Waals surface area contributed by atoms with Crippen molar-refractivity contribution >= 4 is 34.8 Å². The third-order valence-electron chi connectivity index (χ3n) is 3.68. The topological polar surface area (TPSA) is 79.3 Å². The Kier molecular flexibility index (Phi) is 5.65. The number of halogens is 1. The molecule has 1 aromatic heterocycles. The predicted molar refractivity (Wildman–Crippen MR) is 101 cm³/mol. The van der Waals surface area contributed by atoms with Gasteiger partial charge in [-0.3, -0.25) is 4.79 Å². The number of nitrogens with one attached hydrogen (secondary N) is 1. The highest BCUT2D eigenvalue weighted by Crippen LogP contribution is 2.30. The van der Waals surface area contributed by atoms with E-state index < -0.39 is 17.9 Å². The first-order valence-corrected chi connectivity index (χ1v) is 9.07. The van der Waals surface area contributed by atoms with Crippen LogP contribution in [0.2, 0.25) is 5.02 Å². The molecule has 0 radical (unpaired) electrons. The highest BCUT2D eigenvalue weighted by Gasteiger charge is 2.22. The molecule has 0 aliphatic rings. The number of carboxylic acid groups (broad SMARTS) is 1. The van der Waals surface area contributed by atoms with Crippen molar-refractivity contribution in [2.75, 3.05) is 0 Å². The van der Waals surface area contributed by atoms with Crippen LogP contribution in [0, 0.1) is 0 Å². The number of carbonyl (C=O) groups is 2. The molecule has 3 aromatic rings. The van der Waals surface area contributed by atoms with Crippen LogP contribution in [-0.2, 0) is 16.0 Å². The van der Waals surface area contributed by atoms with E-state index in [0.29, 0.717) is 16.3 Å². The smallest absolute Gasteiger partial charge is 0.330 e. The van der Waals surface area contributed by atoms with Crippen LogP contribution in [0.1, 0.15) is 17.3 Å². The summed E-state index contributed by atoms with van der Waals surface area (Å²) in [5.74, 6) is -1.52. The van der Waals surface area contributed by atoms with Gasteiger partial charge in [0.05, 0.1) is 17.1 Å². The lowest BCUT2D eigenvalue weighted by Gasteiger charge is -2.14. The molecular formula is C19H15ClN2O3S. The third-order valence-corrected chi connectivity index (χ3v) is 4.94. The number of aliphatic carboxylic acids is 1. The van der Waals surface area contributed by atoms with Gasteiger partial charge in [-0.2, -0.15) is 0 Å². The molecule has 7 heteroatoms. The SMILES string of the molecule is O=C(Cc1csc(-c2ccccc2Cl)n1)N[C@H](C(=O)O)c1ccccc1. The van der Waals surface area contributed by atoms with Crippen molar-refractivity contribution < 1.29 is 14.7 Å². The molecule has 2 N–H and O–H groups in total. The Morgan fingerprint density at radius 1 is 1.12 bits per heavy atom. The molecule has 0 saturated carbocycles. The molecule has 1 heterocycles. The fourth-order valence-corrected chi connectivity index (χ4v) is 3.60. The molecule has 3 rings (SSSR count). The summed E-state index contributed by atoms with van der Waals surface area (Å²) in [5, 5.41) is 15.0. The molecule has 0 unspecified atom stereocenters. The van der Waals surface area contributed by atoms with Crippen LogP contribution in [0.5, 0.6) is 0 Å². The number of hydrogen-bond acceptors (Lipinski definition) is 4. The normalized spacial score (nSPS) is 11.7. The first-order valence-electron chi connectivity index (χ1n) is 7.81. The highest BCUT2D eigenvalue weighted by molar-refractivity contribution is 7.13. The molecule has 0 aliphatic heterocycles. The standard InChI is InChI=1S/C19H15ClN2O3S/c20-15-9-5-4-8-14(15)18-21-13(11-26-18)10-16(23)22-17(19(24)25)12-6-2-1-3-7-12/h1-9,11,17H,10H2,(H,22,23)(H,24,25)/t17-/m0/s1. The molecule has 26 heavy (non-hydrogen) atoms. The van der Waals surface area contributed by atoms with Gasteiger partial charge in [-0.25, -0.2) is 9.78 Å². The van der Waals surface area contributed by atoms with Crippen LogP contribution in [0.15, 0.2) is 60.0 Å². The quantitative estimate of drug-likeness (QED) is 0.672. The average molecular weight is 387 g/mol. The zero-order valence-corrected chi connectivity index (χ0v) is 15.1. The molecule has 2 aromatic carbocycles. The summed E-state index contributed by atoms with van der Waals surface area (Å²) >= 11 is 7.56. The van der Waals surface area contributed by atoms with Crippen molar-refractivity contribution in [3.8, 4) is 10.6 Å². The first kappa shape index (κ1) is 18.1. The summed E-state index contributed by atoms with van der Waals surface area (Å²) in [5.41, 5.74) is 1.89. The number of benzene rings is 2. The van der Waals surface area contributed by atoms with Crippen LogP contribution in [0.25, 0.3) is 10.6 Å². The van der Waals surface area contributed by atoms with E-state index in [1.165, 1.54) is 11.3 Å². The van der Waals surface area contributed by atoms with E-state index in [4.69, 9.17) is 11.6 Å². The van der Waals surface area contributed by atoms with Gasteiger partial charge in [-0.1, -0.05) is 60.1 Å². The average Bonchev–Trinajstić information content (AvgIpc) is 3.08. The minimum Gasteiger partial charge on any atom is -0.479 e. The minimum atomic E-state index is -1.11. The monoisotopic (exact) mass is 386 g/mol. The fourth-order valence-electron chi connectivity index (χ4n) is 2.46. The summed E-state index contributed by atoms with van der Waals surface area (Å²) < 4.78 is 0. The summed E-state index contributed by atoms with van der Waals surface area (Å²) in [6.45, 7) is 0. The molecule has 0 bridgehead atoms. The van der Waals surface area contributed by atoms with Crippen molar-refractivity contribution in [2.45, 2.75) is 12.5 Å². The zero-order chi connectivity index (χ0) is 18.5. The van der Waals surface area contributed by atoms with Gasteiger partial charge in [-0.15, -0.1) is 11.3 Å². The van der Waals surface area contributed by atoms with Crippen LogP contribution in [0.3, 0.4) is 0 Å². The molecular weight excluding hydrogens is 372 g/mol. The summed E-state index contributed by atoms with van der Waals surface area (Å²) in [6, 6.07) is 14.8. The maximum atomic E-state index is 12.3. The van der Waals surface area contributed by atoms with Crippen molar-refractivity contribution in [3.63, 3.8) is 0 Å². The first-order chi connectivity index (χ1) is 12.5. The van der Waals surface area contributed by atoms with Gasteiger partial charge in [0.1, 0.15) is 5.01 Å². The van der Waals surface area contributed by atoms with Gasteiger partial charge in [-0.05, 0) is 11.6 Å². The molecule has 132 valence electrons. The largest absolute Gasteiger partial charge is 0.479 e. The number of carbonyl (C=O) groups excluding carboxylic acids is 1. The van der Waals surface area contributed by atoms with Gasteiger partial charge in [0.15, 0.2) is 6.04 Å². The maximum absolute atomic E-state index is 12.3. The molecule has 0 spiro atoms. The second-order valence-corrected chi connectivity index (χ2v) is 6.82. The number of nitrogens with zero attached hydrogens (tertiary/aromatic N) is 1. The molecule has 1 atom stereocenters. The van der Waals surface area contributed by atoms with Gasteiger partial charge in [0.2, 0.25) is 5.91 Å². The van der Waals surface area contributed by atoms with Gasteiger partial charge in [0, 0.05) is 10.9 Å². The van der Waals surface area contributed by atoms with E-state index in [1.54, 1.807) is 41.8 Å².